The van der Waals surface area contributed by atoms with E-state index in [0.717, 1.165) is 50.9 Å². The lowest BCUT2D eigenvalue weighted by atomic mass is 10.0. The third-order valence-electron chi connectivity index (χ3n) is 5.92. The normalized spacial score (nSPS) is 20.3. The number of piperidine rings is 1. The molecule has 7 heteroatoms. The van der Waals surface area contributed by atoms with Crippen LogP contribution in [-0.4, -0.2) is 58.3 Å². The van der Waals surface area contributed by atoms with Crippen LogP contribution in [0, 0.1) is 0 Å². The predicted molar refractivity (Wildman–Crippen MR) is 117 cm³/mol. The van der Waals surface area contributed by atoms with Crippen LogP contribution < -0.4 is 10.2 Å². The summed E-state index contributed by atoms with van der Waals surface area (Å²) in [5.74, 6) is 2.63. The second kappa shape index (κ2) is 9.29. The second-order valence-electron chi connectivity index (χ2n) is 8.12. The quantitative estimate of drug-likeness (QED) is 0.623. The molecular formula is C22H33N7. The summed E-state index contributed by atoms with van der Waals surface area (Å²) in [6.45, 7) is 7.94. The van der Waals surface area contributed by atoms with Gasteiger partial charge in [-0.1, -0.05) is 0 Å². The van der Waals surface area contributed by atoms with E-state index in [1.165, 1.54) is 30.4 Å². The standard InChI is InChI=1S/C22H33N7/c1-3-23-22(29-12-8-19(17-29)20-15-26-27(2)16-20)25-14-18-7-9-24-21(13-18)28-10-5-4-6-11-28/h7,9,13,15-16,19H,3-6,8,10-12,14,17H2,1-2H3,(H,23,25). The Bertz CT molecular complexity index is 822. The average Bonchev–Trinajstić information content (AvgIpc) is 3.41. The number of nitrogens with one attached hydrogen (secondary N) is 1. The van der Waals surface area contributed by atoms with Gasteiger partial charge in [-0.2, -0.15) is 5.10 Å². The molecule has 2 aromatic rings. The number of aliphatic imine (C=N–C) groups is 1. The highest BCUT2D eigenvalue weighted by Crippen LogP contribution is 2.27. The van der Waals surface area contributed by atoms with Crippen LogP contribution in [0.2, 0.25) is 0 Å². The largest absolute Gasteiger partial charge is 0.357 e. The van der Waals surface area contributed by atoms with Gasteiger partial charge in [-0.25, -0.2) is 9.98 Å². The van der Waals surface area contributed by atoms with Gasteiger partial charge in [0.2, 0.25) is 0 Å². The first-order chi connectivity index (χ1) is 14.2. The summed E-state index contributed by atoms with van der Waals surface area (Å²) in [5.41, 5.74) is 2.55. The molecule has 0 bridgehead atoms. The summed E-state index contributed by atoms with van der Waals surface area (Å²) in [6.07, 6.45) is 11.1. The van der Waals surface area contributed by atoms with E-state index >= 15 is 0 Å². The van der Waals surface area contributed by atoms with Crippen molar-refractivity contribution in [2.75, 3.05) is 37.6 Å². The van der Waals surface area contributed by atoms with Crippen molar-refractivity contribution in [1.29, 1.82) is 0 Å². The number of anilines is 1. The maximum absolute atomic E-state index is 4.95. The van der Waals surface area contributed by atoms with Gasteiger partial charge >= 0.3 is 0 Å². The number of hydrogen-bond donors (Lipinski definition) is 1. The van der Waals surface area contributed by atoms with Crippen molar-refractivity contribution in [2.24, 2.45) is 12.0 Å². The lowest BCUT2D eigenvalue weighted by Crippen LogP contribution is -2.40. The van der Waals surface area contributed by atoms with Crippen LogP contribution in [0.4, 0.5) is 5.82 Å². The summed E-state index contributed by atoms with van der Waals surface area (Å²) >= 11 is 0. The molecule has 29 heavy (non-hydrogen) atoms. The molecular weight excluding hydrogens is 362 g/mol. The Kier molecular flexibility index (Phi) is 6.32. The Hall–Kier alpha value is -2.57. The SMILES string of the molecule is CCNC(=NCc1ccnc(N2CCCCC2)c1)N1CCC(c2cnn(C)c2)C1. The van der Waals surface area contributed by atoms with Crippen LogP contribution in [0.1, 0.15) is 49.7 Å². The van der Waals surface area contributed by atoms with Crippen LogP contribution in [0.25, 0.3) is 0 Å². The van der Waals surface area contributed by atoms with E-state index in [0.29, 0.717) is 12.5 Å². The first kappa shape index (κ1) is 19.7. The summed E-state index contributed by atoms with van der Waals surface area (Å²) in [6, 6.07) is 4.30. The number of pyridine rings is 1. The molecule has 0 aromatic carbocycles. The molecule has 156 valence electrons. The van der Waals surface area contributed by atoms with Crippen molar-refractivity contribution in [3.8, 4) is 0 Å². The number of nitrogens with zero attached hydrogens (tertiary/aromatic N) is 6. The van der Waals surface area contributed by atoms with Gasteiger partial charge in [-0.15, -0.1) is 0 Å². The van der Waals surface area contributed by atoms with Gasteiger partial charge in [-0.05, 0) is 55.9 Å². The number of aromatic nitrogens is 3. The summed E-state index contributed by atoms with van der Waals surface area (Å²) < 4.78 is 1.89. The van der Waals surface area contributed by atoms with E-state index in [2.05, 4.69) is 50.5 Å². The topological polar surface area (TPSA) is 61.6 Å². The predicted octanol–water partition coefficient (Wildman–Crippen LogP) is 2.76. The molecule has 0 saturated carbocycles. The third kappa shape index (κ3) is 4.89. The van der Waals surface area contributed by atoms with Crippen LogP contribution in [0.5, 0.6) is 0 Å². The van der Waals surface area contributed by atoms with E-state index in [1.54, 1.807) is 0 Å². The molecule has 7 nitrogen and oxygen atoms in total. The summed E-state index contributed by atoms with van der Waals surface area (Å²) in [4.78, 5) is 14.3. The maximum atomic E-state index is 4.95. The lowest BCUT2D eigenvalue weighted by molar-refractivity contribution is 0.486. The van der Waals surface area contributed by atoms with Crippen molar-refractivity contribution in [3.05, 3.63) is 41.9 Å². The van der Waals surface area contributed by atoms with Crippen LogP contribution in [0.15, 0.2) is 35.7 Å². The van der Waals surface area contributed by atoms with E-state index in [4.69, 9.17) is 4.99 Å². The molecule has 0 amide bonds. The van der Waals surface area contributed by atoms with Crippen molar-refractivity contribution < 1.29 is 0 Å². The first-order valence-corrected chi connectivity index (χ1v) is 10.9. The highest BCUT2D eigenvalue weighted by Gasteiger charge is 2.26. The van der Waals surface area contributed by atoms with Crippen LogP contribution >= 0.6 is 0 Å². The number of aryl methyl sites for hydroxylation is 1. The summed E-state index contributed by atoms with van der Waals surface area (Å²) in [5, 5.41) is 7.81. The van der Waals surface area contributed by atoms with Crippen LogP contribution in [0.3, 0.4) is 0 Å². The minimum Gasteiger partial charge on any atom is -0.357 e. The van der Waals surface area contributed by atoms with E-state index in [9.17, 15) is 0 Å². The second-order valence-corrected chi connectivity index (χ2v) is 8.12. The molecule has 1 N–H and O–H groups in total. The number of guanidine groups is 1. The molecule has 2 aromatic heterocycles. The van der Waals surface area contributed by atoms with Gasteiger partial charge in [-0.3, -0.25) is 4.68 Å². The van der Waals surface area contributed by atoms with Gasteiger partial charge < -0.3 is 15.1 Å². The molecule has 2 saturated heterocycles. The fraction of sp³-hybridized carbons (Fsp3) is 0.591. The van der Waals surface area contributed by atoms with Gasteiger partial charge in [0.05, 0.1) is 12.7 Å². The van der Waals surface area contributed by atoms with Gasteiger partial charge in [0.25, 0.3) is 0 Å². The van der Waals surface area contributed by atoms with E-state index < -0.39 is 0 Å². The number of rotatable bonds is 5. The highest BCUT2D eigenvalue weighted by molar-refractivity contribution is 5.80. The van der Waals surface area contributed by atoms with Crippen molar-refractivity contribution in [2.45, 2.75) is 45.1 Å². The molecule has 4 rings (SSSR count). The monoisotopic (exact) mass is 395 g/mol. The Balaban J connectivity index is 1.42. The Morgan fingerprint density at radius 3 is 2.86 bits per heavy atom. The molecule has 2 aliphatic rings. The van der Waals surface area contributed by atoms with Crippen molar-refractivity contribution >= 4 is 11.8 Å². The minimum atomic E-state index is 0.527. The van der Waals surface area contributed by atoms with E-state index in [-0.39, 0.29) is 0 Å². The summed E-state index contributed by atoms with van der Waals surface area (Å²) in [7, 11) is 1.98. The fourth-order valence-electron chi connectivity index (χ4n) is 4.32. The third-order valence-corrected chi connectivity index (χ3v) is 5.92. The van der Waals surface area contributed by atoms with Crippen molar-refractivity contribution in [3.63, 3.8) is 0 Å². The van der Waals surface area contributed by atoms with Gasteiger partial charge in [0.1, 0.15) is 5.82 Å². The van der Waals surface area contributed by atoms with Crippen LogP contribution in [-0.2, 0) is 13.6 Å². The molecule has 0 spiro atoms. The zero-order chi connectivity index (χ0) is 20.1. The van der Waals surface area contributed by atoms with Gasteiger partial charge in [0, 0.05) is 58.1 Å². The molecule has 1 unspecified atom stereocenters. The fourth-order valence-corrected chi connectivity index (χ4v) is 4.32. The van der Waals surface area contributed by atoms with Gasteiger partial charge in [0.15, 0.2) is 5.96 Å². The smallest absolute Gasteiger partial charge is 0.194 e. The minimum absolute atomic E-state index is 0.527. The molecule has 2 fully saturated rings. The Morgan fingerprint density at radius 1 is 1.24 bits per heavy atom. The van der Waals surface area contributed by atoms with E-state index in [1.807, 2.05) is 24.1 Å². The Labute approximate surface area is 173 Å². The molecule has 4 heterocycles. The molecule has 2 aliphatic heterocycles. The van der Waals surface area contributed by atoms with Crippen molar-refractivity contribution in [1.82, 2.24) is 25.0 Å². The number of hydrogen-bond acceptors (Lipinski definition) is 4. The molecule has 1 atom stereocenters. The molecule has 0 radical (unpaired) electrons. The Morgan fingerprint density at radius 2 is 2.10 bits per heavy atom. The maximum Gasteiger partial charge on any atom is 0.194 e. The first-order valence-electron chi connectivity index (χ1n) is 10.9. The zero-order valence-electron chi connectivity index (χ0n) is 17.7. The lowest BCUT2D eigenvalue weighted by Gasteiger charge is -2.27. The number of likely N-dealkylation sites (tertiary alicyclic amines) is 1. The average molecular weight is 396 g/mol. The molecule has 0 aliphatic carbocycles. The highest BCUT2D eigenvalue weighted by atomic mass is 15.3. The zero-order valence-corrected chi connectivity index (χ0v) is 17.7.